The third kappa shape index (κ3) is 3.49. The predicted octanol–water partition coefficient (Wildman–Crippen LogP) is 3.19. The van der Waals surface area contributed by atoms with Crippen LogP contribution in [0.2, 0.25) is 5.02 Å². The largest absolute Gasteiger partial charge is 0.321 e. The number of benzene rings is 1. The van der Waals surface area contributed by atoms with Gasteiger partial charge in [0.1, 0.15) is 0 Å². The van der Waals surface area contributed by atoms with Crippen LogP contribution in [0.15, 0.2) is 36.5 Å². The monoisotopic (exact) mass is 343 g/mol. The Bertz CT molecular complexity index is 896. The van der Waals surface area contributed by atoms with Gasteiger partial charge in [-0.15, -0.1) is 0 Å². The molecule has 0 aliphatic heterocycles. The number of halogens is 1. The summed E-state index contributed by atoms with van der Waals surface area (Å²) in [6, 6.07) is 9.69. The summed E-state index contributed by atoms with van der Waals surface area (Å²) in [5.41, 5.74) is 4.04. The van der Waals surface area contributed by atoms with Gasteiger partial charge in [-0.1, -0.05) is 23.7 Å². The summed E-state index contributed by atoms with van der Waals surface area (Å²) in [6.07, 6.45) is 1.59. The van der Waals surface area contributed by atoms with Crippen molar-refractivity contribution < 1.29 is 4.79 Å². The summed E-state index contributed by atoms with van der Waals surface area (Å²) in [4.78, 5) is 12.3. The molecule has 2 aromatic heterocycles. The van der Waals surface area contributed by atoms with Gasteiger partial charge in [0.25, 0.3) is 5.91 Å². The molecule has 0 unspecified atom stereocenters. The molecule has 0 bridgehead atoms. The number of nitrogens with zero attached hydrogens (tertiary/aromatic N) is 4. The van der Waals surface area contributed by atoms with Crippen molar-refractivity contribution in [2.45, 2.75) is 20.4 Å². The Morgan fingerprint density at radius 3 is 2.67 bits per heavy atom. The molecule has 1 amide bonds. The molecule has 0 radical (unpaired) electrons. The quantitative estimate of drug-likeness (QED) is 0.791. The van der Waals surface area contributed by atoms with Gasteiger partial charge in [-0.2, -0.15) is 10.2 Å². The van der Waals surface area contributed by atoms with Crippen molar-refractivity contribution in [1.29, 1.82) is 0 Å². The average Bonchev–Trinajstić information content (AvgIpc) is 3.00. The molecule has 7 heteroatoms. The number of carbonyl (C=O) groups is 1. The molecule has 24 heavy (non-hydrogen) atoms. The second kappa shape index (κ2) is 6.49. The second-order valence-corrected chi connectivity index (χ2v) is 6.15. The van der Waals surface area contributed by atoms with Crippen LogP contribution in [0.5, 0.6) is 0 Å². The fourth-order valence-corrected chi connectivity index (χ4v) is 2.82. The fraction of sp³-hybridized carbons (Fsp3) is 0.235. The van der Waals surface area contributed by atoms with Crippen LogP contribution in [0.4, 0.5) is 5.69 Å². The minimum Gasteiger partial charge on any atom is -0.321 e. The Balaban J connectivity index is 1.77. The van der Waals surface area contributed by atoms with E-state index in [-0.39, 0.29) is 11.6 Å². The summed E-state index contributed by atoms with van der Waals surface area (Å²) >= 11 is 6.01. The Morgan fingerprint density at radius 1 is 1.25 bits per heavy atom. The molecular weight excluding hydrogens is 326 g/mol. The first-order valence-electron chi connectivity index (χ1n) is 7.53. The molecule has 0 atom stereocenters. The molecular formula is C17H18ClN5O. The van der Waals surface area contributed by atoms with Crippen LogP contribution < -0.4 is 5.32 Å². The van der Waals surface area contributed by atoms with E-state index in [9.17, 15) is 4.79 Å². The lowest BCUT2D eigenvalue weighted by molar-refractivity contribution is 0.102. The lowest BCUT2D eigenvalue weighted by Gasteiger charge is -2.08. The number of anilines is 1. The van der Waals surface area contributed by atoms with Crippen molar-refractivity contribution in [3.63, 3.8) is 0 Å². The number of nitrogens with one attached hydrogen (secondary N) is 1. The van der Waals surface area contributed by atoms with Crippen LogP contribution in [0, 0.1) is 13.8 Å². The zero-order chi connectivity index (χ0) is 17.3. The first-order chi connectivity index (χ1) is 11.4. The first-order valence-corrected chi connectivity index (χ1v) is 7.90. The van der Waals surface area contributed by atoms with E-state index in [4.69, 9.17) is 11.6 Å². The molecule has 1 aromatic carbocycles. The maximum Gasteiger partial charge on any atom is 0.277 e. The minimum atomic E-state index is -0.330. The van der Waals surface area contributed by atoms with Crippen LogP contribution in [0.3, 0.4) is 0 Å². The lowest BCUT2D eigenvalue weighted by Crippen LogP contribution is -2.14. The minimum absolute atomic E-state index is 0.211. The fourth-order valence-electron chi connectivity index (χ4n) is 2.56. The van der Waals surface area contributed by atoms with E-state index in [0.717, 1.165) is 17.0 Å². The SMILES string of the molecule is Cc1cc(C)n(Cc2cccc(NC(=O)c3nn(C)cc3Cl)c2)n1. The Kier molecular flexibility index (Phi) is 4.40. The zero-order valence-electron chi connectivity index (χ0n) is 13.7. The zero-order valence-corrected chi connectivity index (χ0v) is 14.5. The third-order valence-corrected chi connectivity index (χ3v) is 3.90. The highest BCUT2D eigenvalue weighted by Gasteiger charge is 2.15. The van der Waals surface area contributed by atoms with E-state index in [1.165, 1.54) is 4.68 Å². The predicted molar refractivity (Wildman–Crippen MR) is 93.4 cm³/mol. The highest BCUT2D eigenvalue weighted by Crippen LogP contribution is 2.17. The van der Waals surface area contributed by atoms with E-state index in [1.807, 2.05) is 48.9 Å². The van der Waals surface area contributed by atoms with Gasteiger partial charge >= 0.3 is 0 Å². The summed E-state index contributed by atoms with van der Waals surface area (Å²) in [6.45, 7) is 4.64. The summed E-state index contributed by atoms with van der Waals surface area (Å²) < 4.78 is 3.45. The van der Waals surface area contributed by atoms with Crippen molar-refractivity contribution in [3.8, 4) is 0 Å². The van der Waals surface area contributed by atoms with Crippen LogP contribution in [0.1, 0.15) is 27.4 Å². The van der Waals surface area contributed by atoms with Gasteiger partial charge in [0.2, 0.25) is 0 Å². The molecule has 6 nitrogen and oxygen atoms in total. The smallest absolute Gasteiger partial charge is 0.277 e. The van der Waals surface area contributed by atoms with Crippen molar-refractivity contribution in [2.24, 2.45) is 7.05 Å². The lowest BCUT2D eigenvalue weighted by atomic mass is 10.2. The Labute approximate surface area is 145 Å². The molecule has 2 heterocycles. The van der Waals surface area contributed by atoms with Crippen LogP contribution in [-0.4, -0.2) is 25.5 Å². The number of rotatable bonds is 4. The molecule has 3 rings (SSSR count). The first kappa shape index (κ1) is 16.3. The van der Waals surface area contributed by atoms with E-state index >= 15 is 0 Å². The van der Waals surface area contributed by atoms with Crippen molar-refractivity contribution in [2.75, 3.05) is 5.32 Å². The van der Waals surface area contributed by atoms with Gasteiger partial charge in [0.05, 0.1) is 17.3 Å². The van der Waals surface area contributed by atoms with Crippen molar-refractivity contribution in [3.05, 3.63) is 64.2 Å². The van der Waals surface area contributed by atoms with Crippen LogP contribution >= 0.6 is 11.6 Å². The third-order valence-electron chi connectivity index (χ3n) is 3.62. The van der Waals surface area contributed by atoms with Crippen LogP contribution in [0.25, 0.3) is 0 Å². The van der Waals surface area contributed by atoms with Gasteiger partial charge in [-0.3, -0.25) is 14.2 Å². The number of amides is 1. The molecule has 3 aromatic rings. The van der Waals surface area contributed by atoms with Gasteiger partial charge in [0.15, 0.2) is 5.69 Å². The maximum atomic E-state index is 12.3. The number of aryl methyl sites for hydroxylation is 3. The summed E-state index contributed by atoms with van der Waals surface area (Å²) in [5, 5.41) is 11.7. The molecule has 0 spiro atoms. The maximum absolute atomic E-state index is 12.3. The molecule has 124 valence electrons. The summed E-state index contributed by atoms with van der Waals surface area (Å²) in [5.74, 6) is -0.330. The second-order valence-electron chi connectivity index (χ2n) is 5.74. The number of carbonyl (C=O) groups excluding carboxylic acids is 1. The number of hydrogen-bond donors (Lipinski definition) is 1. The van der Waals surface area contributed by atoms with Gasteiger partial charge < -0.3 is 5.32 Å². The molecule has 0 saturated carbocycles. The topological polar surface area (TPSA) is 64.7 Å². The highest BCUT2D eigenvalue weighted by molar-refractivity contribution is 6.34. The molecule has 0 aliphatic carbocycles. The summed E-state index contributed by atoms with van der Waals surface area (Å²) in [7, 11) is 1.72. The van der Waals surface area contributed by atoms with E-state index in [0.29, 0.717) is 17.3 Å². The van der Waals surface area contributed by atoms with Crippen molar-refractivity contribution in [1.82, 2.24) is 19.6 Å². The molecule has 1 N–H and O–H groups in total. The van der Waals surface area contributed by atoms with E-state index < -0.39 is 0 Å². The Hall–Kier alpha value is -2.60. The van der Waals surface area contributed by atoms with E-state index in [2.05, 4.69) is 15.5 Å². The van der Waals surface area contributed by atoms with Crippen molar-refractivity contribution >= 4 is 23.2 Å². The number of aromatic nitrogens is 4. The van der Waals surface area contributed by atoms with Crippen LogP contribution in [-0.2, 0) is 13.6 Å². The van der Waals surface area contributed by atoms with Gasteiger partial charge in [0, 0.05) is 24.6 Å². The molecule has 0 aliphatic rings. The van der Waals surface area contributed by atoms with E-state index in [1.54, 1.807) is 13.2 Å². The number of hydrogen-bond acceptors (Lipinski definition) is 3. The standard InChI is InChI=1S/C17H18ClN5O/c1-11-7-12(2)23(20-11)9-13-5-4-6-14(8-13)19-17(24)16-15(18)10-22(3)21-16/h4-8,10H,9H2,1-3H3,(H,19,24). The highest BCUT2D eigenvalue weighted by atomic mass is 35.5. The Morgan fingerprint density at radius 2 is 2.04 bits per heavy atom. The van der Waals surface area contributed by atoms with Gasteiger partial charge in [-0.25, -0.2) is 0 Å². The van der Waals surface area contributed by atoms with Gasteiger partial charge in [-0.05, 0) is 37.6 Å². The normalized spacial score (nSPS) is 10.8. The molecule has 0 saturated heterocycles. The molecule has 0 fully saturated rings. The average molecular weight is 344 g/mol.